The minimum absolute atomic E-state index is 0.0273. The lowest BCUT2D eigenvalue weighted by atomic mass is 10.0. The van der Waals surface area contributed by atoms with Crippen molar-refractivity contribution in [1.82, 2.24) is 4.98 Å². The summed E-state index contributed by atoms with van der Waals surface area (Å²) in [5, 5.41) is 0. The van der Waals surface area contributed by atoms with E-state index in [1.807, 2.05) is 26.0 Å². The molecule has 0 aliphatic heterocycles. The second-order valence-electron chi connectivity index (χ2n) is 5.28. The molecule has 1 aromatic heterocycles. The summed E-state index contributed by atoms with van der Waals surface area (Å²) < 4.78 is 13.5. The Hall–Kier alpha value is -2.23. The first kappa shape index (κ1) is 16.1. The van der Waals surface area contributed by atoms with E-state index in [4.69, 9.17) is 0 Å². The van der Waals surface area contributed by atoms with E-state index in [1.165, 1.54) is 12.1 Å². The highest BCUT2D eigenvalue weighted by Crippen LogP contribution is 2.23. The van der Waals surface area contributed by atoms with Gasteiger partial charge < -0.3 is 4.90 Å². The van der Waals surface area contributed by atoms with Crippen LogP contribution >= 0.6 is 0 Å². The van der Waals surface area contributed by atoms with Gasteiger partial charge in [0, 0.05) is 24.0 Å². The van der Waals surface area contributed by atoms with E-state index in [1.54, 1.807) is 29.4 Å². The molecule has 1 aromatic carbocycles. The van der Waals surface area contributed by atoms with Gasteiger partial charge in [0.2, 0.25) is 5.91 Å². The van der Waals surface area contributed by atoms with Crippen LogP contribution in [0.15, 0.2) is 48.8 Å². The summed E-state index contributed by atoms with van der Waals surface area (Å²) in [6.45, 7) is 4.40. The maximum Gasteiger partial charge on any atom is 0.230 e. The second-order valence-corrected chi connectivity index (χ2v) is 5.28. The van der Waals surface area contributed by atoms with Crippen molar-refractivity contribution in [2.24, 2.45) is 5.92 Å². The van der Waals surface area contributed by atoms with Crippen molar-refractivity contribution in [2.75, 3.05) is 4.90 Å². The van der Waals surface area contributed by atoms with Gasteiger partial charge >= 0.3 is 0 Å². The lowest BCUT2D eigenvalue weighted by Crippen LogP contribution is -2.35. The summed E-state index contributed by atoms with van der Waals surface area (Å²) in [6.07, 6.45) is 4.97. The van der Waals surface area contributed by atoms with E-state index < -0.39 is 0 Å². The molecule has 1 amide bonds. The number of hydrogen-bond acceptors (Lipinski definition) is 2. The molecule has 0 saturated carbocycles. The predicted octanol–water partition coefficient (Wildman–Crippen LogP) is 4.19. The molecule has 0 radical (unpaired) electrons. The number of aromatic nitrogens is 1. The highest BCUT2D eigenvalue weighted by atomic mass is 19.1. The van der Waals surface area contributed by atoms with E-state index in [9.17, 15) is 9.18 Å². The van der Waals surface area contributed by atoms with Crippen LogP contribution in [-0.2, 0) is 11.3 Å². The molecule has 0 atom stereocenters. The molecule has 0 unspecified atom stereocenters. The van der Waals surface area contributed by atoms with Gasteiger partial charge in [0.05, 0.1) is 6.54 Å². The van der Waals surface area contributed by atoms with E-state index in [0.717, 1.165) is 18.4 Å². The summed E-state index contributed by atoms with van der Waals surface area (Å²) >= 11 is 0. The molecule has 0 bridgehead atoms. The topological polar surface area (TPSA) is 33.2 Å². The Morgan fingerprint density at radius 2 is 2.00 bits per heavy atom. The van der Waals surface area contributed by atoms with Crippen molar-refractivity contribution in [3.8, 4) is 0 Å². The van der Waals surface area contributed by atoms with Crippen LogP contribution in [0, 0.1) is 11.7 Å². The highest BCUT2D eigenvalue weighted by molar-refractivity contribution is 5.94. The predicted molar refractivity (Wildman–Crippen MR) is 85.9 cm³/mol. The number of nitrogens with zero attached hydrogens (tertiary/aromatic N) is 2. The fourth-order valence-electron chi connectivity index (χ4n) is 2.47. The third-order valence-corrected chi connectivity index (χ3v) is 3.78. The Kier molecular flexibility index (Phi) is 5.64. The summed E-state index contributed by atoms with van der Waals surface area (Å²) in [5.74, 6) is -0.370. The van der Waals surface area contributed by atoms with Gasteiger partial charge in [-0.25, -0.2) is 4.39 Å². The highest BCUT2D eigenvalue weighted by Gasteiger charge is 2.23. The molecule has 0 spiro atoms. The summed E-state index contributed by atoms with van der Waals surface area (Å²) in [5.41, 5.74) is 1.51. The molecule has 0 saturated heterocycles. The van der Waals surface area contributed by atoms with Gasteiger partial charge in [-0.1, -0.05) is 26.0 Å². The number of rotatable bonds is 6. The van der Waals surface area contributed by atoms with Crippen LogP contribution in [0.25, 0.3) is 0 Å². The van der Waals surface area contributed by atoms with Gasteiger partial charge in [0.1, 0.15) is 5.82 Å². The average molecular weight is 300 g/mol. The van der Waals surface area contributed by atoms with Crippen molar-refractivity contribution in [1.29, 1.82) is 0 Å². The zero-order valence-corrected chi connectivity index (χ0v) is 13.0. The smallest absolute Gasteiger partial charge is 0.230 e. The van der Waals surface area contributed by atoms with Gasteiger partial charge in [0.15, 0.2) is 0 Å². The minimum atomic E-state index is -0.342. The first-order chi connectivity index (χ1) is 10.7. The molecule has 0 N–H and O–H groups in total. The molecule has 1 heterocycles. The Balaban J connectivity index is 2.34. The standard InChI is InChI=1S/C18H21FN2O/c1-3-15(4-2)18(22)21(13-14-7-6-10-20-12-14)17-9-5-8-16(19)11-17/h5-12,15H,3-4,13H2,1-2H3. The molecule has 0 aliphatic rings. The van der Waals surface area contributed by atoms with Gasteiger partial charge in [-0.3, -0.25) is 9.78 Å². The van der Waals surface area contributed by atoms with Gasteiger partial charge in [-0.2, -0.15) is 0 Å². The number of pyridine rings is 1. The molecule has 2 rings (SSSR count). The molecule has 4 heteroatoms. The monoisotopic (exact) mass is 300 g/mol. The summed E-state index contributed by atoms with van der Waals surface area (Å²) in [7, 11) is 0. The average Bonchev–Trinajstić information content (AvgIpc) is 2.54. The van der Waals surface area contributed by atoms with Crippen molar-refractivity contribution in [3.05, 3.63) is 60.2 Å². The Bertz CT molecular complexity index is 611. The molecular formula is C18H21FN2O. The number of carbonyl (C=O) groups excluding carboxylic acids is 1. The number of amides is 1. The molecule has 3 nitrogen and oxygen atoms in total. The number of halogens is 1. The number of benzene rings is 1. The Morgan fingerprint density at radius 3 is 2.59 bits per heavy atom. The zero-order valence-electron chi connectivity index (χ0n) is 13.0. The van der Waals surface area contributed by atoms with Crippen LogP contribution in [0.5, 0.6) is 0 Å². The number of hydrogen-bond donors (Lipinski definition) is 0. The molecule has 2 aromatic rings. The van der Waals surface area contributed by atoms with Crippen molar-refractivity contribution in [3.63, 3.8) is 0 Å². The van der Waals surface area contributed by atoms with Crippen LogP contribution in [-0.4, -0.2) is 10.9 Å². The van der Waals surface area contributed by atoms with Gasteiger partial charge in [-0.05, 0) is 42.7 Å². The summed E-state index contributed by atoms with van der Waals surface area (Å²) in [6, 6.07) is 9.92. The maximum atomic E-state index is 13.5. The summed E-state index contributed by atoms with van der Waals surface area (Å²) in [4.78, 5) is 18.5. The van der Waals surface area contributed by atoms with E-state index in [-0.39, 0.29) is 17.6 Å². The van der Waals surface area contributed by atoms with Crippen molar-refractivity contribution < 1.29 is 9.18 Å². The zero-order chi connectivity index (χ0) is 15.9. The maximum absolute atomic E-state index is 13.5. The number of carbonyl (C=O) groups is 1. The lowest BCUT2D eigenvalue weighted by molar-refractivity contribution is -0.122. The fourth-order valence-corrected chi connectivity index (χ4v) is 2.47. The van der Waals surface area contributed by atoms with Crippen molar-refractivity contribution >= 4 is 11.6 Å². The number of anilines is 1. The van der Waals surface area contributed by atoms with Crippen LogP contribution < -0.4 is 4.90 Å². The molecule has 22 heavy (non-hydrogen) atoms. The first-order valence-corrected chi connectivity index (χ1v) is 7.61. The van der Waals surface area contributed by atoms with Gasteiger partial charge in [0.25, 0.3) is 0 Å². The van der Waals surface area contributed by atoms with Gasteiger partial charge in [-0.15, -0.1) is 0 Å². The molecular weight excluding hydrogens is 279 g/mol. The van der Waals surface area contributed by atoms with Crippen molar-refractivity contribution in [2.45, 2.75) is 33.2 Å². The third-order valence-electron chi connectivity index (χ3n) is 3.78. The van der Waals surface area contributed by atoms with E-state index >= 15 is 0 Å². The SMILES string of the molecule is CCC(CC)C(=O)N(Cc1cccnc1)c1cccc(F)c1. The third kappa shape index (κ3) is 3.91. The van der Waals surface area contributed by atoms with E-state index in [2.05, 4.69) is 4.98 Å². The lowest BCUT2D eigenvalue weighted by Gasteiger charge is -2.26. The molecule has 0 fully saturated rings. The Morgan fingerprint density at radius 1 is 1.23 bits per heavy atom. The van der Waals surface area contributed by atoms with Crippen LogP contribution in [0.4, 0.5) is 10.1 Å². The fraction of sp³-hybridized carbons (Fsp3) is 0.333. The molecule has 0 aliphatic carbocycles. The van der Waals surface area contributed by atoms with Crippen LogP contribution in [0.3, 0.4) is 0 Å². The van der Waals surface area contributed by atoms with Crippen LogP contribution in [0.1, 0.15) is 32.3 Å². The Labute approximate surface area is 130 Å². The van der Waals surface area contributed by atoms with Crippen LogP contribution in [0.2, 0.25) is 0 Å². The minimum Gasteiger partial charge on any atom is -0.308 e. The first-order valence-electron chi connectivity index (χ1n) is 7.61. The van der Waals surface area contributed by atoms with E-state index in [0.29, 0.717) is 12.2 Å². The normalized spacial score (nSPS) is 10.7. The second kappa shape index (κ2) is 7.69. The molecule has 116 valence electrons. The quantitative estimate of drug-likeness (QED) is 0.801. The largest absolute Gasteiger partial charge is 0.308 e.